The minimum Gasteiger partial charge on any atom is -0.473 e. The van der Waals surface area contributed by atoms with Crippen molar-refractivity contribution in [1.82, 2.24) is 4.90 Å². The third kappa shape index (κ3) is 5.03. The Morgan fingerprint density at radius 2 is 1.64 bits per heavy atom. The van der Waals surface area contributed by atoms with Crippen molar-refractivity contribution in [1.29, 1.82) is 0 Å². The predicted molar refractivity (Wildman–Crippen MR) is 129 cm³/mol. The number of carbonyl (C=O) groups is 2. The molecule has 6 nitrogen and oxygen atoms in total. The molecule has 5 rings (SSSR count). The predicted octanol–water partition coefficient (Wildman–Crippen LogP) is 5.38. The van der Waals surface area contributed by atoms with Gasteiger partial charge in [-0.2, -0.15) is 0 Å². The van der Waals surface area contributed by atoms with E-state index in [1.807, 2.05) is 23.5 Å². The number of aliphatic carboxylic acids is 2. The van der Waals surface area contributed by atoms with Crippen molar-refractivity contribution < 1.29 is 24.9 Å². The average molecular weight is 508 g/mol. The summed E-state index contributed by atoms with van der Waals surface area (Å²) in [6.07, 6.45) is 3.81. The number of hydrogen-bond donors (Lipinski definition) is 3. The topological polar surface area (TPSA) is 98.1 Å². The van der Waals surface area contributed by atoms with Crippen molar-refractivity contribution in [2.45, 2.75) is 49.9 Å². The smallest absolute Gasteiger partial charge is 0.414 e. The number of nitrogens with zero attached hydrogens (tertiary/aromatic N) is 1. The van der Waals surface area contributed by atoms with Gasteiger partial charge < -0.3 is 15.3 Å². The van der Waals surface area contributed by atoms with E-state index in [0.717, 1.165) is 37.8 Å². The summed E-state index contributed by atoms with van der Waals surface area (Å²) in [7, 11) is 0. The Hall–Kier alpha value is -2.16. The van der Waals surface area contributed by atoms with Crippen LogP contribution in [0.1, 0.15) is 36.8 Å². The van der Waals surface area contributed by atoms with E-state index in [1.165, 1.54) is 15.6 Å². The van der Waals surface area contributed by atoms with Crippen LogP contribution in [0.3, 0.4) is 0 Å². The van der Waals surface area contributed by atoms with Crippen LogP contribution in [0.4, 0.5) is 0 Å². The zero-order valence-corrected chi connectivity index (χ0v) is 19.9. The van der Waals surface area contributed by atoms with Gasteiger partial charge in [0.05, 0.1) is 15.6 Å². The molecule has 3 N–H and O–H groups in total. The second-order valence-electron chi connectivity index (χ2n) is 8.49. The summed E-state index contributed by atoms with van der Waals surface area (Å²) in [5, 5.41) is 30.9. The number of benzene rings is 2. The van der Waals surface area contributed by atoms with Gasteiger partial charge in [0.25, 0.3) is 0 Å². The number of rotatable bonds is 3. The molecule has 1 unspecified atom stereocenters. The SMILES string of the molecule is O=C(O)C(=O)O.OC1(c2ccc(Cl)c(Cl)c2)C[C@H]2CC[C@@H](C1)N2Cc1csc2ccccc12. The first-order valence-electron chi connectivity index (χ1n) is 10.5. The monoisotopic (exact) mass is 507 g/mol. The van der Waals surface area contributed by atoms with E-state index in [0.29, 0.717) is 22.1 Å². The van der Waals surface area contributed by atoms with Crippen molar-refractivity contribution in [3.8, 4) is 0 Å². The number of carboxylic acids is 2. The van der Waals surface area contributed by atoms with E-state index < -0.39 is 17.5 Å². The fourth-order valence-electron chi connectivity index (χ4n) is 4.95. The number of hydrogen-bond acceptors (Lipinski definition) is 5. The van der Waals surface area contributed by atoms with Gasteiger partial charge in [-0.05, 0) is 65.8 Å². The first-order chi connectivity index (χ1) is 15.7. The van der Waals surface area contributed by atoms with E-state index in [4.69, 9.17) is 43.0 Å². The number of halogens is 2. The minimum atomic E-state index is -1.82. The molecule has 174 valence electrons. The summed E-state index contributed by atoms with van der Waals surface area (Å²) in [6.45, 7) is 0.969. The van der Waals surface area contributed by atoms with Gasteiger partial charge in [-0.15, -0.1) is 11.3 Å². The van der Waals surface area contributed by atoms with E-state index in [9.17, 15) is 5.11 Å². The van der Waals surface area contributed by atoms with Crippen molar-refractivity contribution in [3.63, 3.8) is 0 Å². The summed E-state index contributed by atoms with van der Waals surface area (Å²) in [5.41, 5.74) is 1.50. The van der Waals surface area contributed by atoms with Crippen LogP contribution in [0.15, 0.2) is 47.8 Å². The molecule has 0 aliphatic carbocycles. The number of carboxylic acid groups (broad SMARTS) is 2. The van der Waals surface area contributed by atoms with Gasteiger partial charge in [-0.3, -0.25) is 4.90 Å². The van der Waals surface area contributed by atoms with Gasteiger partial charge in [-0.25, -0.2) is 9.59 Å². The van der Waals surface area contributed by atoms with Crippen molar-refractivity contribution in [2.24, 2.45) is 0 Å². The van der Waals surface area contributed by atoms with Crippen LogP contribution in [0.25, 0.3) is 10.1 Å². The lowest BCUT2D eigenvalue weighted by molar-refractivity contribution is -0.159. The lowest BCUT2D eigenvalue weighted by Gasteiger charge is -2.44. The van der Waals surface area contributed by atoms with Crippen molar-refractivity contribution in [2.75, 3.05) is 0 Å². The maximum atomic E-state index is 11.4. The molecule has 2 aromatic carbocycles. The van der Waals surface area contributed by atoms with Crippen molar-refractivity contribution in [3.05, 3.63) is 69.0 Å². The Balaban J connectivity index is 0.000000385. The highest BCUT2D eigenvalue weighted by molar-refractivity contribution is 7.17. The summed E-state index contributed by atoms with van der Waals surface area (Å²) < 4.78 is 1.35. The van der Waals surface area contributed by atoms with Gasteiger partial charge in [0, 0.05) is 23.3 Å². The molecule has 0 amide bonds. The largest absolute Gasteiger partial charge is 0.473 e. The third-order valence-electron chi connectivity index (χ3n) is 6.47. The number of fused-ring (bicyclic) bond motifs is 3. The fraction of sp³-hybridized carbons (Fsp3) is 0.333. The summed E-state index contributed by atoms with van der Waals surface area (Å²) >= 11 is 14.1. The molecule has 9 heteroatoms. The second-order valence-corrected chi connectivity index (χ2v) is 10.2. The zero-order valence-electron chi connectivity index (χ0n) is 17.6. The maximum absolute atomic E-state index is 11.4. The molecule has 3 aromatic rings. The van der Waals surface area contributed by atoms with Crippen molar-refractivity contribution >= 4 is 56.6 Å². The summed E-state index contributed by atoms with van der Waals surface area (Å²) in [5.74, 6) is -3.65. The molecule has 0 spiro atoms. The Morgan fingerprint density at radius 3 is 2.24 bits per heavy atom. The lowest BCUT2D eigenvalue weighted by atomic mass is 9.80. The average Bonchev–Trinajstić information content (AvgIpc) is 3.29. The van der Waals surface area contributed by atoms with Crippen LogP contribution in [0.2, 0.25) is 10.0 Å². The molecule has 3 heterocycles. The summed E-state index contributed by atoms with van der Waals surface area (Å²) in [4.78, 5) is 20.8. The van der Waals surface area contributed by atoms with Gasteiger partial charge in [0.2, 0.25) is 0 Å². The Labute approximate surface area is 205 Å². The second kappa shape index (κ2) is 9.60. The maximum Gasteiger partial charge on any atom is 0.414 e. The first-order valence-corrected chi connectivity index (χ1v) is 12.2. The molecule has 2 fully saturated rings. The zero-order chi connectivity index (χ0) is 23.8. The first kappa shape index (κ1) is 24.0. The molecule has 2 aliphatic heterocycles. The van der Waals surface area contributed by atoms with Crippen LogP contribution in [-0.2, 0) is 21.7 Å². The standard InChI is InChI=1S/C22H21Cl2NOS.C2H2O4/c23-19-8-5-15(9-20(19)24)22(26)10-16-6-7-17(11-22)25(16)12-14-13-27-21-4-2-1-3-18(14)21;3-1(4)2(5)6/h1-5,8-9,13,16-17,26H,6-7,10-12H2;(H,3,4)(H,5,6)/t16-,17+,22?;. The molecular weight excluding hydrogens is 485 g/mol. The third-order valence-corrected chi connectivity index (χ3v) is 8.22. The highest BCUT2D eigenvalue weighted by Gasteiger charge is 2.48. The fourth-order valence-corrected chi connectivity index (χ4v) is 6.20. The molecular formula is C24H23Cl2NO5S. The van der Waals surface area contributed by atoms with E-state index in [-0.39, 0.29) is 0 Å². The van der Waals surface area contributed by atoms with E-state index in [1.54, 1.807) is 6.07 Å². The van der Waals surface area contributed by atoms with Crippen LogP contribution in [0, 0.1) is 0 Å². The van der Waals surface area contributed by atoms with E-state index in [2.05, 4.69) is 34.5 Å². The molecule has 2 aliphatic rings. The Morgan fingerprint density at radius 1 is 1.00 bits per heavy atom. The van der Waals surface area contributed by atoms with Crippen LogP contribution in [-0.4, -0.2) is 44.2 Å². The highest BCUT2D eigenvalue weighted by atomic mass is 35.5. The lowest BCUT2D eigenvalue weighted by Crippen LogP contribution is -2.49. The van der Waals surface area contributed by atoms with Gasteiger partial charge in [0.15, 0.2) is 0 Å². The minimum absolute atomic E-state index is 0.405. The number of piperidine rings is 1. The highest BCUT2D eigenvalue weighted by Crippen LogP contribution is 2.47. The molecule has 0 saturated carbocycles. The molecule has 2 saturated heterocycles. The van der Waals surface area contributed by atoms with Gasteiger partial charge in [-0.1, -0.05) is 47.5 Å². The Bertz CT molecular complexity index is 1170. The van der Waals surface area contributed by atoms with E-state index >= 15 is 0 Å². The normalized spacial score (nSPS) is 24.3. The van der Waals surface area contributed by atoms with Crippen LogP contribution < -0.4 is 0 Å². The molecule has 1 aromatic heterocycles. The molecule has 2 bridgehead atoms. The molecule has 0 radical (unpaired) electrons. The number of aliphatic hydroxyl groups is 1. The summed E-state index contributed by atoms with van der Waals surface area (Å²) in [6, 6.07) is 15.0. The van der Waals surface area contributed by atoms with Gasteiger partial charge >= 0.3 is 11.9 Å². The van der Waals surface area contributed by atoms with Gasteiger partial charge in [0.1, 0.15) is 0 Å². The van der Waals surface area contributed by atoms with Crippen LogP contribution >= 0.6 is 34.5 Å². The molecule has 3 atom stereocenters. The number of thiophene rings is 1. The molecule has 33 heavy (non-hydrogen) atoms. The quantitative estimate of drug-likeness (QED) is 0.411. The Kier molecular flexibility index (Phi) is 6.98. The van der Waals surface area contributed by atoms with Crippen LogP contribution in [0.5, 0.6) is 0 Å².